The van der Waals surface area contributed by atoms with Crippen LogP contribution in [-0.4, -0.2) is 56.0 Å². The van der Waals surface area contributed by atoms with Crippen LogP contribution in [0.5, 0.6) is 5.75 Å². The lowest BCUT2D eigenvalue weighted by atomic mass is 10.1. The van der Waals surface area contributed by atoms with Crippen LogP contribution in [0.1, 0.15) is 21.6 Å². The van der Waals surface area contributed by atoms with Gasteiger partial charge in [0.15, 0.2) is 5.75 Å². The number of aromatic amines is 1. The van der Waals surface area contributed by atoms with Crippen LogP contribution in [0.3, 0.4) is 0 Å². The highest BCUT2D eigenvalue weighted by Gasteiger charge is 2.36. The second-order valence-electron chi connectivity index (χ2n) is 6.89. The molecule has 3 heterocycles. The lowest BCUT2D eigenvalue weighted by Crippen LogP contribution is -2.31. The number of carbonyl (C=O) groups excluding carboxylic acids is 1. The minimum atomic E-state index is -0.731. The first-order valence-electron chi connectivity index (χ1n) is 8.64. The largest absolute Gasteiger partial charge is 0.482 e. The number of nitrogens with zero attached hydrogens (tertiary/aromatic N) is 3. The molecule has 1 fully saturated rings. The number of hydrogen-bond acceptors (Lipinski definition) is 4. The summed E-state index contributed by atoms with van der Waals surface area (Å²) in [4.78, 5) is 18.0. The molecule has 1 aliphatic rings. The van der Waals surface area contributed by atoms with Crippen molar-refractivity contribution in [1.29, 1.82) is 0 Å². The molecule has 0 aliphatic carbocycles. The summed E-state index contributed by atoms with van der Waals surface area (Å²) in [6, 6.07) is 5.73. The monoisotopic (exact) mass is 354 g/mol. The minimum absolute atomic E-state index is 0.104. The van der Waals surface area contributed by atoms with E-state index in [0.29, 0.717) is 17.9 Å². The van der Waals surface area contributed by atoms with Crippen molar-refractivity contribution in [2.45, 2.75) is 26.1 Å². The van der Waals surface area contributed by atoms with Crippen molar-refractivity contribution in [2.24, 2.45) is 7.05 Å². The molecule has 4 rings (SSSR count). The van der Waals surface area contributed by atoms with Crippen LogP contribution < -0.4 is 4.74 Å². The molecule has 0 radical (unpaired) electrons. The molecule has 0 saturated carbocycles. The van der Waals surface area contributed by atoms with Gasteiger partial charge in [-0.2, -0.15) is 5.10 Å². The number of hydrogen-bond donors (Lipinski definition) is 2. The number of nitrogens with one attached hydrogen (secondary N) is 1. The quantitative estimate of drug-likeness (QED) is 0.751. The van der Waals surface area contributed by atoms with E-state index in [9.17, 15) is 9.90 Å². The number of amides is 1. The van der Waals surface area contributed by atoms with E-state index >= 15 is 0 Å². The summed E-state index contributed by atoms with van der Waals surface area (Å²) in [7, 11) is 1.80. The Kier molecular flexibility index (Phi) is 3.96. The Morgan fingerprint density at radius 3 is 2.88 bits per heavy atom. The highest BCUT2D eigenvalue weighted by atomic mass is 16.5. The molecule has 3 aromatic rings. The van der Waals surface area contributed by atoms with E-state index in [-0.39, 0.29) is 12.5 Å². The number of ether oxygens (including phenoxy) is 1. The molecular weight excluding hydrogens is 332 g/mol. The van der Waals surface area contributed by atoms with Gasteiger partial charge in [0.05, 0.1) is 36.6 Å². The molecule has 1 amide bonds. The van der Waals surface area contributed by atoms with Crippen molar-refractivity contribution in [3.63, 3.8) is 0 Å². The molecule has 136 valence electrons. The number of benzene rings is 1. The van der Waals surface area contributed by atoms with Crippen LogP contribution in [0.2, 0.25) is 0 Å². The van der Waals surface area contributed by atoms with Gasteiger partial charge in [-0.1, -0.05) is 12.1 Å². The molecule has 2 aromatic heterocycles. The fraction of sp³-hybridized carbons (Fsp3) is 0.368. The van der Waals surface area contributed by atoms with Gasteiger partial charge in [-0.3, -0.25) is 9.48 Å². The SMILES string of the molecule is Cc1[nH]c2c(C(=O)N3C[C@@H](O)[C@H](Oc4cnn(C)c4)C3)cccc2c1C. The van der Waals surface area contributed by atoms with Gasteiger partial charge in [-0.25, -0.2) is 0 Å². The van der Waals surface area contributed by atoms with Crippen molar-refractivity contribution >= 4 is 16.8 Å². The predicted octanol–water partition coefficient (Wildman–Crippen LogP) is 1.78. The summed E-state index contributed by atoms with van der Waals surface area (Å²) in [6.45, 7) is 4.63. The van der Waals surface area contributed by atoms with Crippen LogP contribution >= 0.6 is 0 Å². The van der Waals surface area contributed by atoms with E-state index in [0.717, 1.165) is 22.2 Å². The van der Waals surface area contributed by atoms with Crippen molar-refractivity contribution in [1.82, 2.24) is 19.7 Å². The van der Waals surface area contributed by atoms with Gasteiger partial charge in [-0.05, 0) is 25.5 Å². The second-order valence-corrected chi connectivity index (χ2v) is 6.89. The Labute approximate surface area is 151 Å². The molecule has 7 nitrogen and oxygen atoms in total. The van der Waals surface area contributed by atoms with Gasteiger partial charge in [0.2, 0.25) is 0 Å². The van der Waals surface area contributed by atoms with Crippen LogP contribution in [-0.2, 0) is 7.05 Å². The van der Waals surface area contributed by atoms with Gasteiger partial charge < -0.3 is 19.7 Å². The lowest BCUT2D eigenvalue weighted by molar-refractivity contribution is 0.0729. The Hall–Kier alpha value is -2.80. The Balaban J connectivity index is 1.57. The number of H-pyrrole nitrogens is 1. The molecule has 1 aromatic carbocycles. The summed E-state index contributed by atoms with van der Waals surface area (Å²) >= 11 is 0. The Morgan fingerprint density at radius 2 is 2.15 bits per heavy atom. The van der Waals surface area contributed by atoms with E-state index in [4.69, 9.17) is 4.74 Å². The van der Waals surface area contributed by atoms with E-state index in [1.54, 1.807) is 29.0 Å². The van der Waals surface area contributed by atoms with Crippen molar-refractivity contribution in [3.8, 4) is 5.75 Å². The van der Waals surface area contributed by atoms with Crippen molar-refractivity contribution in [3.05, 3.63) is 47.4 Å². The number of fused-ring (bicyclic) bond motifs is 1. The normalized spacial score (nSPS) is 20.1. The molecule has 2 N–H and O–H groups in total. The number of β-amino-alcohol motifs (C(OH)–C–C–N with tert-alkyl or cyclic N) is 1. The lowest BCUT2D eigenvalue weighted by Gasteiger charge is -2.17. The minimum Gasteiger partial charge on any atom is -0.482 e. The summed E-state index contributed by atoms with van der Waals surface area (Å²) in [5.74, 6) is 0.483. The zero-order chi connectivity index (χ0) is 18.4. The molecular formula is C19H22N4O3. The number of aromatic nitrogens is 3. The molecule has 2 atom stereocenters. The third kappa shape index (κ3) is 2.74. The fourth-order valence-electron chi connectivity index (χ4n) is 3.50. The average molecular weight is 354 g/mol. The van der Waals surface area contributed by atoms with Crippen molar-refractivity contribution < 1.29 is 14.6 Å². The zero-order valence-corrected chi connectivity index (χ0v) is 15.1. The molecule has 26 heavy (non-hydrogen) atoms. The number of likely N-dealkylation sites (tertiary alicyclic amines) is 1. The van der Waals surface area contributed by atoms with Crippen LogP contribution in [0.4, 0.5) is 0 Å². The summed E-state index contributed by atoms with van der Waals surface area (Å²) in [5, 5.41) is 15.4. The number of aryl methyl sites for hydroxylation is 3. The highest BCUT2D eigenvalue weighted by Crippen LogP contribution is 2.27. The van der Waals surface area contributed by atoms with Crippen molar-refractivity contribution in [2.75, 3.05) is 13.1 Å². The van der Waals surface area contributed by atoms with E-state index in [1.807, 2.05) is 32.0 Å². The molecule has 1 saturated heterocycles. The summed E-state index contributed by atoms with van der Waals surface area (Å²) < 4.78 is 7.44. The number of aliphatic hydroxyl groups excluding tert-OH is 1. The zero-order valence-electron chi connectivity index (χ0n) is 15.1. The first-order chi connectivity index (χ1) is 12.4. The number of rotatable bonds is 3. The van der Waals surface area contributed by atoms with Gasteiger partial charge in [-0.15, -0.1) is 0 Å². The number of aliphatic hydroxyl groups is 1. The molecule has 0 unspecified atom stereocenters. The Morgan fingerprint density at radius 1 is 1.35 bits per heavy atom. The summed E-state index contributed by atoms with van der Waals surface area (Å²) in [5.41, 5.74) is 3.67. The third-order valence-corrected chi connectivity index (χ3v) is 5.07. The highest BCUT2D eigenvalue weighted by molar-refractivity contribution is 6.06. The van der Waals surface area contributed by atoms with Crippen LogP contribution in [0.15, 0.2) is 30.6 Å². The maximum Gasteiger partial charge on any atom is 0.256 e. The maximum atomic E-state index is 13.1. The van der Waals surface area contributed by atoms with Gasteiger partial charge in [0.1, 0.15) is 12.2 Å². The Bertz CT molecular complexity index is 974. The standard InChI is InChI=1S/C19H22N4O3/c1-11-12(2)21-18-14(11)5-4-6-15(18)19(25)23-9-16(24)17(10-23)26-13-7-20-22(3)8-13/h4-8,16-17,21,24H,9-10H2,1-3H3/t16-,17-/m1/s1. The van der Waals surface area contributed by atoms with Crippen LogP contribution in [0, 0.1) is 13.8 Å². The smallest absolute Gasteiger partial charge is 0.256 e. The molecule has 1 aliphatic heterocycles. The maximum absolute atomic E-state index is 13.1. The first-order valence-corrected chi connectivity index (χ1v) is 8.64. The summed E-state index contributed by atoms with van der Waals surface area (Å²) in [6.07, 6.45) is 2.14. The second kappa shape index (κ2) is 6.17. The number of carbonyl (C=O) groups is 1. The van der Waals surface area contributed by atoms with Gasteiger partial charge in [0, 0.05) is 18.1 Å². The van der Waals surface area contributed by atoms with Gasteiger partial charge >= 0.3 is 0 Å². The predicted molar refractivity (Wildman–Crippen MR) is 97.3 cm³/mol. The molecule has 7 heteroatoms. The first kappa shape index (κ1) is 16.7. The van der Waals surface area contributed by atoms with E-state index in [1.165, 1.54) is 0 Å². The fourth-order valence-corrected chi connectivity index (χ4v) is 3.50. The van der Waals surface area contributed by atoms with E-state index < -0.39 is 12.2 Å². The average Bonchev–Trinajstić information content (AvgIpc) is 3.27. The van der Waals surface area contributed by atoms with E-state index in [2.05, 4.69) is 10.1 Å². The third-order valence-electron chi connectivity index (χ3n) is 5.07. The number of para-hydroxylation sites is 1. The molecule has 0 bridgehead atoms. The molecule has 0 spiro atoms. The van der Waals surface area contributed by atoms with Gasteiger partial charge in [0.25, 0.3) is 5.91 Å². The topological polar surface area (TPSA) is 83.4 Å². The van der Waals surface area contributed by atoms with Crippen LogP contribution in [0.25, 0.3) is 10.9 Å².